The second-order valence-corrected chi connectivity index (χ2v) is 8.76. The van der Waals surface area contributed by atoms with E-state index in [1.165, 1.54) is 42.6 Å². The lowest BCUT2D eigenvalue weighted by molar-refractivity contribution is 0.0545. The lowest BCUT2D eigenvalue weighted by Crippen LogP contribution is -2.48. The number of hydrogen-bond acceptors (Lipinski definition) is 2. The summed E-state index contributed by atoms with van der Waals surface area (Å²) in [5, 5.41) is 0. The van der Waals surface area contributed by atoms with Gasteiger partial charge in [-0.25, -0.2) is 0 Å². The summed E-state index contributed by atoms with van der Waals surface area (Å²) >= 11 is 0. The van der Waals surface area contributed by atoms with Crippen LogP contribution in [0.1, 0.15) is 58.1 Å². The highest BCUT2D eigenvalue weighted by atomic mass is 16.5. The van der Waals surface area contributed by atoms with Crippen LogP contribution in [0.3, 0.4) is 0 Å². The van der Waals surface area contributed by atoms with Crippen molar-refractivity contribution in [2.24, 2.45) is 23.7 Å². The predicted octanol–water partition coefficient (Wildman–Crippen LogP) is 5.80. The minimum absolute atomic E-state index is 0.666. The van der Waals surface area contributed by atoms with Crippen LogP contribution in [-0.2, 0) is 0 Å². The fraction of sp³-hybridized carbons (Fsp3) is 0.667. The monoisotopic (exact) mass is 355 g/mol. The Balaban J connectivity index is 1.88. The summed E-state index contributed by atoms with van der Waals surface area (Å²) in [4.78, 5) is 2.76. The molecule has 1 aromatic rings. The zero-order valence-electron chi connectivity index (χ0n) is 17.6. The molecule has 0 spiro atoms. The lowest BCUT2D eigenvalue weighted by Gasteiger charge is -2.44. The number of benzene rings is 1. The van der Waals surface area contributed by atoms with E-state index in [1.807, 2.05) is 0 Å². The van der Waals surface area contributed by atoms with Crippen LogP contribution in [0, 0.1) is 30.6 Å². The number of ether oxygens (including phenoxy) is 1. The van der Waals surface area contributed by atoms with Gasteiger partial charge in [0.2, 0.25) is 0 Å². The Kier molecular flexibility index (Phi) is 6.12. The minimum atomic E-state index is 0.666. The number of piperidine rings is 1. The molecular weight excluding hydrogens is 318 g/mol. The largest absolute Gasteiger partial charge is 0.497 e. The van der Waals surface area contributed by atoms with Crippen LogP contribution in [0.5, 0.6) is 5.75 Å². The standard InChI is InChI=1S/C24H37NO/c1-7-16(2)18(4)22-13-21-12-20(10-11-25(15-22)19(21)5)24-14-23(26-6)9-8-17(24)3/h8-9,12,14,16,18-19,21-22H,7,10-11,13,15H2,1-6H3. The first-order chi connectivity index (χ1) is 12.4. The number of aryl methyl sites for hydroxylation is 1. The molecule has 6 unspecified atom stereocenters. The average molecular weight is 356 g/mol. The van der Waals surface area contributed by atoms with Gasteiger partial charge in [0.05, 0.1) is 7.11 Å². The molecule has 2 heteroatoms. The van der Waals surface area contributed by atoms with E-state index in [9.17, 15) is 0 Å². The van der Waals surface area contributed by atoms with Crippen molar-refractivity contribution < 1.29 is 4.74 Å². The molecular formula is C24H37NO. The van der Waals surface area contributed by atoms with Crippen molar-refractivity contribution in [3.05, 3.63) is 35.4 Å². The number of rotatable bonds is 5. The molecule has 0 aliphatic carbocycles. The highest BCUT2D eigenvalue weighted by molar-refractivity contribution is 5.70. The first-order valence-electron chi connectivity index (χ1n) is 10.5. The predicted molar refractivity (Wildman–Crippen MR) is 112 cm³/mol. The van der Waals surface area contributed by atoms with Crippen molar-refractivity contribution >= 4 is 5.57 Å². The van der Waals surface area contributed by atoms with Crippen LogP contribution < -0.4 is 4.74 Å². The van der Waals surface area contributed by atoms with Crippen LogP contribution in [0.2, 0.25) is 0 Å². The van der Waals surface area contributed by atoms with Crippen LogP contribution in [0.25, 0.3) is 5.57 Å². The molecule has 144 valence electrons. The fourth-order valence-corrected chi connectivity index (χ4v) is 4.98. The van der Waals surface area contributed by atoms with E-state index in [0.717, 1.165) is 29.9 Å². The Morgan fingerprint density at radius 2 is 2.04 bits per heavy atom. The zero-order valence-corrected chi connectivity index (χ0v) is 17.6. The Labute approximate surface area is 160 Å². The van der Waals surface area contributed by atoms with Crippen molar-refractivity contribution in [3.63, 3.8) is 0 Å². The molecule has 0 radical (unpaired) electrons. The highest BCUT2D eigenvalue weighted by Crippen LogP contribution is 2.40. The average Bonchev–Trinajstić information content (AvgIpc) is 2.74. The number of fused-ring (bicyclic) bond motifs is 2. The summed E-state index contributed by atoms with van der Waals surface area (Å²) in [6.45, 7) is 14.4. The van der Waals surface area contributed by atoms with Gasteiger partial charge < -0.3 is 4.74 Å². The first-order valence-corrected chi connectivity index (χ1v) is 10.5. The Morgan fingerprint density at radius 3 is 2.73 bits per heavy atom. The van der Waals surface area contributed by atoms with Gasteiger partial charge in [-0.05, 0) is 79.2 Å². The second-order valence-electron chi connectivity index (χ2n) is 8.76. The molecule has 2 heterocycles. The maximum absolute atomic E-state index is 5.49. The Morgan fingerprint density at radius 1 is 1.27 bits per heavy atom. The summed E-state index contributed by atoms with van der Waals surface area (Å²) in [7, 11) is 1.76. The maximum Gasteiger partial charge on any atom is 0.119 e. The molecule has 0 N–H and O–H groups in total. The zero-order chi connectivity index (χ0) is 18.8. The highest BCUT2D eigenvalue weighted by Gasteiger charge is 2.37. The number of hydrogen-bond donors (Lipinski definition) is 0. The molecule has 0 saturated carbocycles. The molecule has 0 aromatic heterocycles. The molecule has 0 amide bonds. The van der Waals surface area contributed by atoms with Crippen LogP contribution in [0.4, 0.5) is 0 Å². The summed E-state index contributed by atoms with van der Waals surface area (Å²) in [5.41, 5.74) is 4.27. The Hall–Kier alpha value is -1.28. The molecule has 2 aliphatic rings. The molecule has 2 nitrogen and oxygen atoms in total. The third kappa shape index (κ3) is 3.86. The van der Waals surface area contributed by atoms with Gasteiger partial charge in [-0.3, -0.25) is 4.90 Å². The summed E-state index contributed by atoms with van der Waals surface area (Å²) in [5.74, 6) is 4.10. The van der Waals surface area contributed by atoms with Crippen LogP contribution in [-0.4, -0.2) is 31.1 Å². The van der Waals surface area contributed by atoms with Gasteiger partial charge in [0, 0.05) is 19.1 Å². The molecule has 3 rings (SSSR count). The molecule has 1 fully saturated rings. The quantitative estimate of drug-likeness (QED) is 0.662. The van der Waals surface area contributed by atoms with Gasteiger partial charge in [-0.1, -0.05) is 39.3 Å². The molecule has 26 heavy (non-hydrogen) atoms. The Bertz CT molecular complexity index is 650. The molecule has 6 atom stereocenters. The number of methoxy groups -OCH3 is 1. The first kappa shape index (κ1) is 19.5. The summed E-state index contributed by atoms with van der Waals surface area (Å²) in [6.07, 6.45) is 6.40. The van der Waals surface area contributed by atoms with E-state index >= 15 is 0 Å². The van der Waals surface area contributed by atoms with E-state index in [0.29, 0.717) is 12.0 Å². The minimum Gasteiger partial charge on any atom is -0.497 e. The van der Waals surface area contributed by atoms with E-state index in [-0.39, 0.29) is 0 Å². The molecule has 2 aliphatic heterocycles. The summed E-state index contributed by atoms with van der Waals surface area (Å²) < 4.78 is 5.49. The van der Waals surface area contributed by atoms with Crippen molar-refractivity contribution in [1.29, 1.82) is 0 Å². The van der Waals surface area contributed by atoms with Gasteiger partial charge >= 0.3 is 0 Å². The maximum atomic E-state index is 5.49. The molecule has 2 bridgehead atoms. The topological polar surface area (TPSA) is 12.5 Å². The molecule has 1 aromatic carbocycles. The van der Waals surface area contributed by atoms with Crippen molar-refractivity contribution in [2.45, 2.75) is 59.9 Å². The van der Waals surface area contributed by atoms with Crippen molar-refractivity contribution in [2.75, 3.05) is 20.2 Å². The van der Waals surface area contributed by atoms with E-state index in [2.05, 4.69) is 63.8 Å². The second kappa shape index (κ2) is 8.17. The van der Waals surface area contributed by atoms with Crippen molar-refractivity contribution in [3.8, 4) is 5.75 Å². The van der Waals surface area contributed by atoms with E-state index < -0.39 is 0 Å². The number of nitrogens with zero attached hydrogens (tertiary/aromatic N) is 1. The SMILES string of the molecule is CCC(C)C(C)C1CC2C=C(c3cc(OC)ccc3C)CCN(C1)C2C. The van der Waals surface area contributed by atoms with E-state index in [1.54, 1.807) is 7.11 Å². The lowest BCUT2D eigenvalue weighted by atomic mass is 9.73. The van der Waals surface area contributed by atoms with Crippen molar-refractivity contribution in [1.82, 2.24) is 4.90 Å². The molecule has 1 saturated heterocycles. The van der Waals surface area contributed by atoms with Gasteiger partial charge in [-0.2, -0.15) is 0 Å². The van der Waals surface area contributed by atoms with Crippen LogP contribution in [0.15, 0.2) is 24.3 Å². The smallest absolute Gasteiger partial charge is 0.119 e. The van der Waals surface area contributed by atoms with Gasteiger partial charge in [-0.15, -0.1) is 0 Å². The fourth-order valence-electron chi connectivity index (χ4n) is 4.98. The third-order valence-electron chi connectivity index (χ3n) is 7.40. The third-order valence-corrected chi connectivity index (χ3v) is 7.40. The van der Waals surface area contributed by atoms with Crippen LogP contribution >= 0.6 is 0 Å². The summed E-state index contributed by atoms with van der Waals surface area (Å²) in [6, 6.07) is 7.17. The van der Waals surface area contributed by atoms with Gasteiger partial charge in [0.25, 0.3) is 0 Å². The normalized spacial score (nSPS) is 30.9. The van der Waals surface area contributed by atoms with Gasteiger partial charge in [0.15, 0.2) is 0 Å². The van der Waals surface area contributed by atoms with Gasteiger partial charge in [0.1, 0.15) is 5.75 Å². The van der Waals surface area contributed by atoms with E-state index in [4.69, 9.17) is 4.74 Å².